The molecule has 17 heavy (non-hydrogen) atoms. The highest BCUT2D eigenvalue weighted by Gasteiger charge is 2.27. The van der Waals surface area contributed by atoms with E-state index in [2.05, 4.69) is 15.2 Å². The Labute approximate surface area is 101 Å². The summed E-state index contributed by atoms with van der Waals surface area (Å²) in [7, 11) is 2.00. The third kappa shape index (κ3) is 1.74. The van der Waals surface area contributed by atoms with Gasteiger partial charge in [0.25, 0.3) is 0 Å². The second-order valence-electron chi connectivity index (χ2n) is 4.51. The van der Waals surface area contributed by atoms with Crippen LogP contribution in [0.25, 0.3) is 11.0 Å². The number of nitrogens with one attached hydrogen (secondary N) is 1. The maximum absolute atomic E-state index is 4.70. The second-order valence-corrected chi connectivity index (χ2v) is 4.51. The molecule has 88 valence electrons. The molecule has 3 rings (SSSR count). The van der Waals surface area contributed by atoms with E-state index in [9.17, 15) is 0 Å². The van der Waals surface area contributed by atoms with Crippen molar-refractivity contribution >= 4 is 16.9 Å². The Morgan fingerprint density at radius 1 is 1.18 bits per heavy atom. The SMILES string of the molecule is CNC1CN(c2nc3ccccc3nc2C)C1. The van der Waals surface area contributed by atoms with E-state index in [1.165, 1.54) is 0 Å². The van der Waals surface area contributed by atoms with Gasteiger partial charge in [-0.25, -0.2) is 9.97 Å². The number of aromatic nitrogens is 2. The van der Waals surface area contributed by atoms with Gasteiger partial charge in [0.1, 0.15) is 0 Å². The summed E-state index contributed by atoms with van der Waals surface area (Å²) in [6.07, 6.45) is 0. The molecule has 0 bridgehead atoms. The largest absolute Gasteiger partial charge is 0.352 e. The molecule has 1 aromatic carbocycles. The third-order valence-electron chi connectivity index (χ3n) is 3.31. The molecular weight excluding hydrogens is 212 g/mol. The molecule has 4 nitrogen and oxygen atoms in total. The summed E-state index contributed by atoms with van der Waals surface area (Å²) in [6.45, 7) is 4.07. The van der Waals surface area contributed by atoms with Crippen molar-refractivity contribution in [3.63, 3.8) is 0 Å². The fourth-order valence-corrected chi connectivity index (χ4v) is 2.21. The summed E-state index contributed by atoms with van der Waals surface area (Å²) in [6, 6.07) is 8.61. The maximum atomic E-state index is 4.70. The van der Waals surface area contributed by atoms with E-state index in [-0.39, 0.29) is 0 Å². The van der Waals surface area contributed by atoms with Gasteiger partial charge in [0.05, 0.1) is 16.7 Å². The zero-order valence-corrected chi connectivity index (χ0v) is 10.1. The zero-order chi connectivity index (χ0) is 11.8. The van der Waals surface area contributed by atoms with Crippen LogP contribution in [0.15, 0.2) is 24.3 Å². The van der Waals surface area contributed by atoms with E-state index < -0.39 is 0 Å². The number of benzene rings is 1. The van der Waals surface area contributed by atoms with Gasteiger partial charge in [-0.1, -0.05) is 12.1 Å². The third-order valence-corrected chi connectivity index (χ3v) is 3.31. The van der Waals surface area contributed by atoms with Gasteiger partial charge in [-0.2, -0.15) is 0 Å². The fourth-order valence-electron chi connectivity index (χ4n) is 2.21. The predicted octanol–water partition coefficient (Wildman–Crippen LogP) is 1.35. The molecule has 0 unspecified atom stereocenters. The van der Waals surface area contributed by atoms with Crippen LogP contribution in [0, 0.1) is 6.92 Å². The van der Waals surface area contributed by atoms with Crippen molar-refractivity contribution in [1.82, 2.24) is 15.3 Å². The number of aryl methyl sites for hydroxylation is 1. The fraction of sp³-hybridized carbons (Fsp3) is 0.385. The molecule has 0 saturated carbocycles. The topological polar surface area (TPSA) is 41.0 Å². The van der Waals surface area contributed by atoms with Crippen LogP contribution in [-0.4, -0.2) is 36.1 Å². The van der Waals surface area contributed by atoms with Crippen LogP contribution in [0.4, 0.5) is 5.82 Å². The minimum atomic E-state index is 0.586. The van der Waals surface area contributed by atoms with Crippen LogP contribution in [-0.2, 0) is 0 Å². The first-order valence-electron chi connectivity index (χ1n) is 5.93. The molecule has 0 amide bonds. The molecule has 1 N–H and O–H groups in total. The molecule has 0 aliphatic carbocycles. The summed E-state index contributed by atoms with van der Waals surface area (Å²) in [5.41, 5.74) is 2.96. The van der Waals surface area contributed by atoms with E-state index in [4.69, 9.17) is 4.98 Å². The predicted molar refractivity (Wildman–Crippen MR) is 69.3 cm³/mol. The van der Waals surface area contributed by atoms with Crippen molar-refractivity contribution in [1.29, 1.82) is 0 Å². The lowest BCUT2D eigenvalue weighted by Gasteiger charge is -2.40. The van der Waals surface area contributed by atoms with Crippen LogP contribution >= 0.6 is 0 Å². The zero-order valence-electron chi connectivity index (χ0n) is 10.1. The normalized spacial score (nSPS) is 16.2. The summed E-state index contributed by atoms with van der Waals surface area (Å²) in [5.74, 6) is 1.02. The van der Waals surface area contributed by atoms with Crippen molar-refractivity contribution in [2.75, 3.05) is 25.0 Å². The van der Waals surface area contributed by atoms with Crippen LogP contribution in [0.3, 0.4) is 0 Å². The maximum Gasteiger partial charge on any atom is 0.150 e. The quantitative estimate of drug-likeness (QED) is 0.842. The van der Waals surface area contributed by atoms with Crippen LogP contribution < -0.4 is 10.2 Å². The number of anilines is 1. The molecule has 1 aliphatic rings. The first-order chi connectivity index (χ1) is 8.28. The van der Waals surface area contributed by atoms with Crippen molar-refractivity contribution in [3.05, 3.63) is 30.0 Å². The average molecular weight is 228 g/mol. The molecule has 1 aromatic heterocycles. The van der Waals surface area contributed by atoms with Gasteiger partial charge in [0.15, 0.2) is 5.82 Å². The summed E-state index contributed by atoms with van der Waals surface area (Å²) < 4.78 is 0. The highest BCUT2D eigenvalue weighted by atomic mass is 15.3. The Bertz CT molecular complexity index is 546. The van der Waals surface area contributed by atoms with Crippen LogP contribution in [0.1, 0.15) is 5.69 Å². The number of hydrogen-bond acceptors (Lipinski definition) is 4. The van der Waals surface area contributed by atoms with Crippen LogP contribution in [0.2, 0.25) is 0 Å². The molecule has 0 radical (unpaired) electrons. The van der Waals surface area contributed by atoms with E-state index in [0.717, 1.165) is 35.6 Å². The molecule has 1 saturated heterocycles. The van der Waals surface area contributed by atoms with Gasteiger partial charge in [-0.3, -0.25) is 0 Å². The Morgan fingerprint density at radius 3 is 2.47 bits per heavy atom. The van der Waals surface area contributed by atoms with Crippen molar-refractivity contribution in [2.45, 2.75) is 13.0 Å². The standard InChI is InChI=1S/C13H16N4/c1-9-13(17-7-10(8-17)14-2)16-12-6-4-3-5-11(12)15-9/h3-6,10,14H,7-8H2,1-2H3. The van der Waals surface area contributed by atoms with Gasteiger partial charge in [-0.15, -0.1) is 0 Å². The number of likely N-dealkylation sites (N-methyl/N-ethyl adjacent to an activating group) is 1. The van der Waals surface area contributed by atoms with E-state index in [0.29, 0.717) is 6.04 Å². The summed E-state index contributed by atoms with van der Waals surface area (Å²) in [4.78, 5) is 11.6. The van der Waals surface area contributed by atoms with Gasteiger partial charge >= 0.3 is 0 Å². The van der Waals surface area contributed by atoms with E-state index >= 15 is 0 Å². The first kappa shape index (κ1) is 10.5. The smallest absolute Gasteiger partial charge is 0.150 e. The number of hydrogen-bond donors (Lipinski definition) is 1. The van der Waals surface area contributed by atoms with Crippen molar-refractivity contribution in [2.24, 2.45) is 0 Å². The highest BCUT2D eigenvalue weighted by Crippen LogP contribution is 2.23. The monoisotopic (exact) mass is 228 g/mol. The van der Waals surface area contributed by atoms with E-state index in [1.807, 2.05) is 38.2 Å². The lowest BCUT2D eigenvalue weighted by molar-refractivity contribution is 0.446. The van der Waals surface area contributed by atoms with Crippen molar-refractivity contribution < 1.29 is 0 Å². The minimum Gasteiger partial charge on any atom is -0.352 e. The van der Waals surface area contributed by atoms with Crippen molar-refractivity contribution in [3.8, 4) is 0 Å². The first-order valence-corrected chi connectivity index (χ1v) is 5.93. The van der Waals surface area contributed by atoms with Gasteiger partial charge in [0.2, 0.25) is 0 Å². The van der Waals surface area contributed by atoms with E-state index in [1.54, 1.807) is 0 Å². The molecule has 0 spiro atoms. The number of nitrogens with zero attached hydrogens (tertiary/aromatic N) is 3. The summed E-state index contributed by atoms with van der Waals surface area (Å²) >= 11 is 0. The van der Waals surface area contributed by atoms with Gasteiger partial charge in [-0.05, 0) is 26.1 Å². The number of para-hydroxylation sites is 2. The Kier molecular flexibility index (Phi) is 2.44. The lowest BCUT2D eigenvalue weighted by atomic mass is 10.1. The minimum absolute atomic E-state index is 0.586. The lowest BCUT2D eigenvalue weighted by Crippen LogP contribution is -2.57. The molecule has 4 heteroatoms. The summed E-state index contributed by atoms with van der Waals surface area (Å²) in [5, 5.41) is 3.27. The second kappa shape index (κ2) is 3.96. The Morgan fingerprint density at radius 2 is 1.82 bits per heavy atom. The number of fused-ring (bicyclic) bond motifs is 1. The van der Waals surface area contributed by atoms with Crippen LogP contribution in [0.5, 0.6) is 0 Å². The molecule has 1 aliphatic heterocycles. The number of rotatable bonds is 2. The molecule has 2 aromatic rings. The average Bonchev–Trinajstić information content (AvgIpc) is 2.28. The molecule has 2 heterocycles. The van der Waals surface area contributed by atoms with Gasteiger partial charge in [0, 0.05) is 19.1 Å². The molecular formula is C13H16N4. The highest BCUT2D eigenvalue weighted by molar-refractivity contribution is 5.76. The van der Waals surface area contributed by atoms with Gasteiger partial charge < -0.3 is 10.2 Å². The molecule has 0 atom stereocenters. The Balaban J connectivity index is 1.97. The molecule has 1 fully saturated rings. The Hall–Kier alpha value is -1.68.